The van der Waals surface area contributed by atoms with E-state index in [0.717, 1.165) is 33.2 Å². The SMILES string of the molecule is [C-]#[N+]c1ccc(N(C)C(=O)c2ccn3ncc(-c4ccc5c(cnn5C)c4)c3c2)cc1. The van der Waals surface area contributed by atoms with E-state index in [0.29, 0.717) is 11.3 Å². The maximum Gasteiger partial charge on any atom is 0.258 e. The average Bonchev–Trinajstić information content (AvgIpc) is 3.41. The Morgan fingerprint density at radius 1 is 1.00 bits per heavy atom. The Labute approximate surface area is 178 Å². The number of rotatable bonds is 3. The van der Waals surface area contributed by atoms with E-state index in [9.17, 15) is 4.79 Å². The fourth-order valence-electron chi connectivity index (χ4n) is 3.73. The second kappa shape index (κ2) is 7.11. The van der Waals surface area contributed by atoms with E-state index in [4.69, 9.17) is 6.57 Å². The molecule has 0 bridgehead atoms. The quantitative estimate of drug-likeness (QED) is 0.408. The van der Waals surface area contributed by atoms with Gasteiger partial charge in [-0.25, -0.2) is 9.36 Å². The fourth-order valence-corrected chi connectivity index (χ4v) is 3.73. The van der Waals surface area contributed by atoms with Crippen LogP contribution in [-0.4, -0.2) is 32.3 Å². The van der Waals surface area contributed by atoms with Gasteiger partial charge in [0.05, 0.1) is 30.0 Å². The molecule has 0 radical (unpaired) electrons. The van der Waals surface area contributed by atoms with Crippen LogP contribution in [0.3, 0.4) is 0 Å². The maximum absolute atomic E-state index is 13.1. The molecule has 0 saturated carbocycles. The zero-order chi connectivity index (χ0) is 21.5. The van der Waals surface area contributed by atoms with Gasteiger partial charge in [0.2, 0.25) is 0 Å². The van der Waals surface area contributed by atoms with Gasteiger partial charge in [-0.1, -0.05) is 18.2 Å². The van der Waals surface area contributed by atoms with E-state index in [1.54, 1.807) is 53.0 Å². The van der Waals surface area contributed by atoms with Crippen molar-refractivity contribution in [1.29, 1.82) is 0 Å². The van der Waals surface area contributed by atoms with Gasteiger partial charge in [0.25, 0.3) is 5.91 Å². The van der Waals surface area contributed by atoms with E-state index in [2.05, 4.69) is 21.1 Å². The topological polar surface area (TPSA) is 59.8 Å². The van der Waals surface area contributed by atoms with Gasteiger partial charge >= 0.3 is 0 Å². The summed E-state index contributed by atoms with van der Waals surface area (Å²) in [6, 6.07) is 16.8. The summed E-state index contributed by atoms with van der Waals surface area (Å²) in [6.07, 6.45) is 5.45. The van der Waals surface area contributed by atoms with Gasteiger partial charge in [0.15, 0.2) is 5.69 Å². The molecule has 0 aliphatic carbocycles. The molecule has 0 spiro atoms. The highest BCUT2D eigenvalue weighted by atomic mass is 16.2. The molecule has 150 valence electrons. The highest BCUT2D eigenvalue weighted by molar-refractivity contribution is 6.07. The minimum absolute atomic E-state index is 0.132. The molecular weight excluding hydrogens is 388 g/mol. The Kier molecular flexibility index (Phi) is 4.26. The summed E-state index contributed by atoms with van der Waals surface area (Å²) in [5, 5.41) is 9.80. The van der Waals surface area contributed by atoms with Crippen LogP contribution >= 0.6 is 0 Å². The summed E-state index contributed by atoms with van der Waals surface area (Å²) in [5.41, 5.74) is 5.71. The number of amides is 1. The third-order valence-electron chi connectivity index (χ3n) is 5.50. The minimum Gasteiger partial charge on any atom is -0.312 e. The van der Waals surface area contributed by atoms with Crippen molar-refractivity contribution in [1.82, 2.24) is 19.4 Å². The molecule has 3 aromatic heterocycles. The molecule has 5 rings (SSSR count). The van der Waals surface area contributed by atoms with Crippen LogP contribution in [0.2, 0.25) is 0 Å². The van der Waals surface area contributed by atoms with Crippen molar-refractivity contribution < 1.29 is 4.79 Å². The number of benzene rings is 2. The van der Waals surface area contributed by atoms with Crippen LogP contribution in [0.15, 0.2) is 73.2 Å². The van der Waals surface area contributed by atoms with Crippen LogP contribution in [0.1, 0.15) is 10.4 Å². The number of aromatic nitrogens is 4. The highest BCUT2D eigenvalue weighted by Gasteiger charge is 2.16. The Bertz CT molecular complexity index is 1490. The minimum atomic E-state index is -0.132. The first-order chi connectivity index (χ1) is 15.0. The second-order valence-corrected chi connectivity index (χ2v) is 7.34. The van der Waals surface area contributed by atoms with Crippen molar-refractivity contribution in [3.8, 4) is 11.1 Å². The zero-order valence-corrected chi connectivity index (χ0v) is 17.0. The highest BCUT2D eigenvalue weighted by Crippen LogP contribution is 2.29. The van der Waals surface area contributed by atoms with Gasteiger partial charge in [0, 0.05) is 42.5 Å². The molecule has 7 nitrogen and oxygen atoms in total. The van der Waals surface area contributed by atoms with E-state index < -0.39 is 0 Å². The van der Waals surface area contributed by atoms with Crippen molar-refractivity contribution in [2.75, 3.05) is 11.9 Å². The Balaban J connectivity index is 1.53. The first kappa shape index (κ1) is 18.6. The van der Waals surface area contributed by atoms with Gasteiger partial charge in [-0.15, -0.1) is 0 Å². The average molecular weight is 406 g/mol. The predicted octanol–water partition coefficient (Wildman–Crippen LogP) is 4.72. The normalized spacial score (nSPS) is 11.0. The number of pyridine rings is 1. The van der Waals surface area contributed by atoms with Crippen LogP contribution in [0, 0.1) is 6.57 Å². The number of anilines is 1. The number of hydrogen-bond acceptors (Lipinski definition) is 3. The molecule has 0 saturated heterocycles. The molecule has 0 fully saturated rings. The molecule has 31 heavy (non-hydrogen) atoms. The molecule has 0 aliphatic heterocycles. The first-order valence-electron chi connectivity index (χ1n) is 9.70. The van der Waals surface area contributed by atoms with Crippen molar-refractivity contribution in [2.24, 2.45) is 7.05 Å². The first-order valence-corrected chi connectivity index (χ1v) is 9.70. The van der Waals surface area contributed by atoms with E-state index in [-0.39, 0.29) is 5.91 Å². The Hall–Kier alpha value is -4.44. The Morgan fingerprint density at radius 3 is 2.58 bits per heavy atom. The lowest BCUT2D eigenvalue weighted by Gasteiger charge is -2.17. The van der Waals surface area contributed by atoms with Crippen molar-refractivity contribution >= 4 is 33.7 Å². The summed E-state index contributed by atoms with van der Waals surface area (Å²) in [5.74, 6) is -0.132. The monoisotopic (exact) mass is 406 g/mol. The molecule has 0 N–H and O–H groups in total. The summed E-state index contributed by atoms with van der Waals surface area (Å²) in [4.78, 5) is 18.1. The summed E-state index contributed by atoms with van der Waals surface area (Å²) >= 11 is 0. The second-order valence-electron chi connectivity index (χ2n) is 7.34. The van der Waals surface area contributed by atoms with Gasteiger partial charge < -0.3 is 4.90 Å². The molecule has 3 heterocycles. The maximum atomic E-state index is 13.1. The van der Waals surface area contributed by atoms with Crippen LogP contribution in [0.4, 0.5) is 11.4 Å². The summed E-state index contributed by atoms with van der Waals surface area (Å²) in [7, 11) is 3.65. The molecule has 0 aliphatic rings. The molecule has 1 amide bonds. The lowest BCUT2D eigenvalue weighted by atomic mass is 10.0. The number of carbonyl (C=O) groups is 1. The number of aryl methyl sites for hydroxylation is 1. The van der Waals surface area contributed by atoms with Crippen LogP contribution in [0.5, 0.6) is 0 Å². The molecule has 7 heteroatoms. The number of carbonyl (C=O) groups excluding carboxylic acids is 1. The standard InChI is InChI=1S/C24H18N6O/c1-25-19-5-7-20(8-6-19)28(2)24(31)17-10-11-30-23(13-17)21(15-27-30)16-4-9-22-18(12-16)14-26-29(22)3/h4-15H,2-3H3. The molecule has 0 unspecified atom stereocenters. The van der Waals surface area contributed by atoms with E-state index >= 15 is 0 Å². The summed E-state index contributed by atoms with van der Waals surface area (Å²) in [6.45, 7) is 7.07. The van der Waals surface area contributed by atoms with Crippen LogP contribution in [0.25, 0.3) is 32.4 Å². The van der Waals surface area contributed by atoms with Crippen molar-refractivity contribution in [3.63, 3.8) is 0 Å². The van der Waals surface area contributed by atoms with E-state index in [1.165, 1.54) is 0 Å². The molecule has 0 atom stereocenters. The van der Waals surface area contributed by atoms with Crippen LogP contribution < -0.4 is 4.90 Å². The summed E-state index contributed by atoms with van der Waals surface area (Å²) < 4.78 is 3.61. The lowest BCUT2D eigenvalue weighted by molar-refractivity contribution is 0.0993. The number of hydrogen-bond donors (Lipinski definition) is 0. The zero-order valence-electron chi connectivity index (χ0n) is 17.0. The smallest absolute Gasteiger partial charge is 0.258 e. The molecule has 5 aromatic rings. The van der Waals surface area contributed by atoms with E-state index in [1.807, 2.05) is 42.3 Å². The van der Waals surface area contributed by atoms with Gasteiger partial charge in [0.1, 0.15) is 0 Å². The largest absolute Gasteiger partial charge is 0.312 e. The molecule has 2 aromatic carbocycles. The molecular formula is C24H18N6O. The third-order valence-corrected chi connectivity index (χ3v) is 5.50. The number of nitrogens with zero attached hydrogens (tertiary/aromatic N) is 6. The lowest BCUT2D eigenvalue weighted by Crippen LogP contribution is -2.26. The van der Waals surface area contributed by atoms with Gasteiger partial charge in [-0.05, 0) is 42.0 Å². The van der Waals surface area contributed by atoms with Crippen molar-refractivity contribution in [3.05, 3.63) is 90.2 Å². The predicted molar refractivity (Wildman–Crippen MR) is 120 cm³/mol. The van der Waals surface area contributed by atoms with Gasteiger partial charge in [-0.2, -0.15) is 10.2 Å². The van der Waals surface area contributed by atoms with Gasteiger partial charge in [-0.3, -0.25) is 9.48 Å². The Morgan fingerprint density at radius 2 is 1.81 bits per heavy atom. The van der Waals surface area contributed by atoms with Crippen molar-refractivity contribution in [2.45, 2.75) is 0 Å². The fraction of sp³-hybridized carbons (Fsp3) is 0.0833. The third kappa shape index (κ3) is 3.11. The number of fused-ring (bicyclic) bond motifs is 2. The van der Waals surface area contributed by atoms with Crippen LogP contribution in [-0.2, 0) is 7.05 Å².